The van der Waals surface area contributed by atoms with Crippen molar-refractivity contribution in [2.24, 2.45) is 13.0 Å². The topological polar surface area (TPSA) is 235 Å². The van der Waals surface area contributed by atoms with Crippen molar-refractivity contribution in [3.8, 4) is 11.5 Å². The highest BCUT2D eigenvalue weighted by Gasteiger charge is 2.39. The number of benzene rings is 3. The molecule has 3 aliphatic heterocycles. The van der Waals surface area contributed by atoms with Gasteiger partial charge in [0.15, 0.2) is 17.3 Å². The molecular weight excluding hydrogens is 993 g/mol. The Morgan fingerprint density at radius 1 is 0.803 bits per heavy atom. The number of aryl methyl sites for hydroxylation is 1. The molecule has 19 nitrogen and oxygen atoms in total. The van der Waals surface area contributed by atoms with Gasteiger partial charge < -0.3 is 45.1 Å². The Bertz CT molecular complexity index is 3120. The molecule has 0 unspecified atom stereocenters. The third kappa shape index (κ3) is 12.9. The SMILES string of the molecule is COc1cc2c(cc1OCCCC(=O)Nc1cc(C(=O)Nc3ccc4sc(CC(=O)[C@H](C)NC(=O)[C@H](C)CC(=O)CCCCC(=O)NCCN5C(=O)C=CC5=O)cc4c3)n(C)c1)N(C)C[C@@H]1Cc3ccccc3N1C2=O. The average molecular weight is 1060 g/mol. The number of hydrogen-bond donors (Lipinski definition) is 4. The number of aromatic nitrogens is 1. The van der Waals surface area contributed by atoms with Gasteiger partial charge in [-0.05, 0) is 86.0 Å². The first-order valence-corrected chi connectivity index (χ1v) is 26.2. The number of carbonyl (C=O) groups is 9. The summed E-state index contributed by atoms with van der Waals surface area (Å²) in [6.07, 6.45) is 6.68. The summed E-state index contributed by atoms with van der Waals surface area (Å²) in [6.45, 7) is 4.32. The lowest BCUT2D eigenvalue weighted by Crippen LogP contribution is -2.42. The number of thiophene rings is 1. The van der Waals surface area contributed by atoms with Crippen LogP contribution in [0, 0.1) is 5.92 Å². The van der Waals surface area contributed by atoms with Crippen LogP contribution in [0.4, 0.5) is 22.7 Å². The lowest BCUT2D eigenvalue weighted by Gasteiger charge is -2.25. The molecule has 2 aromatic heterocycles. The Labute approximate surface area is 443 Å². The van der Waals surface area contributed by atoms with Gasteiger partial charge in [0.1, 0.15) is 11.5 Å². The first kappa shape index (κ1) is 54.1. The fourth-order valence-electron chi connectivity index (χ4n) is 9.64. The Kier molecular flexibility index (Phi) is 17.1. The van der Waals surface area contributed by atoms with Crippen LogP contribution in [0.1, 0.15) is 90.1 Å². The number of imide groups is 1. The predicted octanol–water partition coefficient (Wildman–Crippen LogP) is 6.13. The largest absolute Gasteiger partial charge is 0.493 e. The molecule has 3 aromatic carbocycles. The number of methoxy groups -OCH3 is 1. The second-order valence-corrected chi connectivity index (χ2v) is 20.6. The van der Waals surface area contributed by atoms with E-state index in [2.05, 4.69) is 32.2 Å². The number of unbranched alkanes of at least 4 members (excludes halogenated alkanes) is 1. The second-order valence-electron chi connectivity index (χ2n) is 19.4. The van der Waals surface area contributed by atoms with Gasteiger partial charge in [-0.25, -0.2) is 0 Å². The van der Waals surface area contributed by atoms with E-state index in [1.54, 1.807) is 49.9 Å². The Morgan fingerprint density at radius 2 is 1.55 bits per heavy atom. The summed E-state index contributed by atoms with van der Waals surface area (Å²) in [5, 5.41) is 12.0. The Hall–Kier alpha value is -8.13. The molecule has 5 heterocycles. The molecule has 0 bridgehead atoms. The number of hydrogen-bond acceptors (Lipinski definition) is 13. The first-order valence-electron chi connectivity index (χ1n) is 25.4. The Morgan fingerprint density at radius 3 is 2.33 bits per heavy atom. The molecule has 0 aliphatic carbocycles. The number of likely N-dealkylation sites (N-methyl/N-ethyl adjacent to an activating group) is 1. The fourth-order valence-corrected chi connectivity index (χ4v) is 10.7. The predicted molar refractivity (Wildman–Crippen MR) is 288 cm³/mol. The molecule has 0 radical (unpaired) electrons. The van der Waals surface area contributed by atoms with E-state index in [0.29, 0.717) is 59.9 Å². The summed E-state index contributed by atoms with van der Waals surface area (Å²) in [5.74, 6) is -2.33. The van der Waals surface area contributed by atoms with Crippen LogP contribution in [0.5, 0.6) is 11.5 Å². The zero-order valence-corrected chi connectivity index (χ0v) is 44.0. The maximum Gasteiger partial charge on any atom is 0.272 e. The van der Waals surface area contributed by atoms with E-state index >= 15 is 0 Å². The van der Waals surface area contributed by atoms with Gasteiger partial charge in [0.2, 0.25) is 17.7 Å². The normalized spacial score (nSPS) is 15.4. The Balaban J connectivity index is 0.742. The molecule has 7 amide bonds. The molecule has 0 saturated heterocycles. The number of amides is 7. The molecule has 0 spiro atoms. The molecule has 398 valence electrons. The van der Waals surface area contributed by atoms with E-state index in [-0.39, 0.29) is 87.1 Å². The van der Waals surface area contributed by atoms with Crippen LogP contribution in [-0.4, -0.2) is 115 Å². The second kappa shape index (κ2) is 24.0. The van der Waals surface area contributed by atoms with Crippen molar-refractivity contribution in [2.75, 3.05) is 60.8 Å². The first-order chi connectivity index (χ1) is 36.5. The number of nitrogens with one attached hydrogen (secondary N) is 4. The maximum absolute atomic E-state index is 13.9. The molecular formula is C56H62N8O11S. The third-order valence-electron chi connectivity index (χ3n) is 13.7. The van der Waals surface area contributed by atoms with Crippen LogP contribution in [0.15, 0.2) is 85.1 Å². The van der Waals surface area contributed by atoms with Crippen LogP contribution >= 0.6 is 11.3 Å². The van der Waals surface area contributed by atoms with E-state index < -0.39 is 35.6 Å². The number of Topliss-reactive ketones (excluding diaryl/α,β-unsaturated/α-hetero) is 2. The van der Waals surface area contributed by atoms with E-state index in [1.165, 1.54) is 30.6 Å². The number of anilines is 4. The van der Waals surface area contributed by atoms with Crippen molar-refractivity contribution >= 4 is 97.1 Å². The van der Waals surface area contributed by atoms with Crippen molar-refractivity contribution in [2.45, 2.75) is 83.7 Å². The highest BCUT2D eigenvalue weighted by atomic mass is 32.1. The van der Waals surface area contributed by atoms with Gasteiger partial charge in [0, 0.05) is 117 Å². The van der Waals surface area contributed by atoms with Gasteiger partial charge in [-0.1, -0.05) is 25.1 Å². The van der Waals surface area contributed by atoms with Gasteiger partial charge >= 0.3 is 0 Å². The van der Waals surface area contributed by atoms with Crippen molar-refractivity contribution in [1.29, 1.82) is 0 Å². The summed E-state index contributed by atoms with van der Waals surface area (Å²) in [6, 6.07) is 19.7. The molecule has 3 aliphatic rings. The summed E-state index contributed by atoms with van der Waals surface area (Å²) in [7, 11) is 5.20. The number of ether oxygens (including phenoxy) is 2. The molecule has 20 heteroatoms. The number of nitrogens with zero attached hydrogens (tertiary/aromatic N) is 4. The molecule has 3 atom stereocenters. The van der Waals surface area contributed by atoms with E-state index in [9.17, 15) is 43.2 Å². The fraction of sp³-hybridized carbons (Fsp3) is 0.375. The van der Waals surface area contributed by atoms with Crippen molar-refractivity contribution in [3.05, 3.63) is 107 Å². The van der Waals surface area contributed by atoms with E-state index in [0.717, 1.165) is 43.2 Å². The average Bonchev–Trinajstić information content (AvgIpc) is 4.16. The maximum atomic E-state index is 13.9. The molecule has 76 heavy (non-hydrogen) atoms. The summed E-state index contributed by atoms with van der Waals surface area (Å²) in [4.78, 5) is 120. The van der Waals surface area contributed by atoms with Gasteiger partial charge in [0.05, 0.1) is 42.7 Å². The zero-order valence-electron chi connectivity index (χ0n) is 43.2. The minimum Gasteiger partial charge on any atom is -0.493 e. The van der Waals surface area contributed by atoms with Crippen LogP contribution in [-0.2, 0) is 53.5 Å². The zero-order chi connectivity index (χ0) is 54.2. The van der Waals surface area contributed by atoms with Crippen LogP contribution in [0.25, 0.3) is 10.1 Å². The minimum atomic E-state index is -0.799. The molecule has 0 fully saturated rings. The number of fused-ring (bicyclic) bond motifs is 5. The van der Waals surface area contributed by atoms with E-state index in [1.807, 2.05) is 54.4 Å². The van der Waals surface area contributed by atoms with E-state index in [4.69, 9.17) is 9.47 Å². The smallest absolute Gasteiger partial charge is 0.272 e. The van der Waals surface area contributed by atoms with Crippen LogP contribution in [0.2, 0.25) is 0 Å². The minimum absolute atomic E-state index is 0.00234. The van der Waals surface area contributed by atoms with Crippen molar-refractivity contribution < 1.29 is 52.6 Å². The lowest BCUT2D eigenvalue weighted by atomic mass is 9.99. The van der Waals surface area contributed by atoms with Gasteiger partial charge in [-0.15, -0.1) is 11.3 Å². The van der Waals surface area contributed by atoms with Crippen molar-refractivity contribution in [3.63, 3.8) is 0 Å². The summed E-state index contributed by atoms with van der Waals surface area (Å²) >= 11 is 1.43. The third-order valence-corrected chi connectivity index (χ3v) is 14.8. The summed E-state index contributed by atoms with van der Waals surface area (Å²) in [5.41, 5.74) is 4.66. The molecule has 4 N–H and O–H groups in total. The standard InChI is InChI=1S/C56H62N8O11S/c1-33(23-40(65)12-7-9-14-50(67)57-20-21-63-52(69)18-19-53(63)70)54(71)58-34(2)46(66)28-41-26-36-24-37(16-17-49(36)76-41)60-55(72)45-27-38(31-61(45)3)59-51(68)15-10-22-75-48-30-44-42(29-47(48)74-5)56(73)64-39(32-62(44)4)25-35-11-6-8-13-43(35)64/h6,8,11,13,16-19,24,26-27,29-31,33-34,39H,7,9-10,12,14-15,20-23,25,28,32H2,1-5H3,(H,57,67)(H,58,71)(H,59,68)(H,60,72)/t33-,34+,39+/m1/s1. The molecule has 5 aromatic rings. The quantitative estimate of drug-likeness (QED) is 0.0404. The number of para-hydroxylation sites is 1. The number of ketones is 2. The van der Waals surface area contributed by atoms with Crippen LogP contribution < -0.4 is 40.5 Å². The highest BCUT2D eigenvalue weighted by Crippen LogP contribution is 2.42. The van der Waals surface area contributed by atoms with Gasteiger partial charge in [-0.3, -0.25) is 48.1 Å². The molecule has 0 saturated carbocycles. The lowest BCUT2D eigenvalue weighted by molar-refractivity contribution is -0.137. The van der Waals surface area contributed by atoms with Gasteiger partial charge in [-0.2, -0.15) is 0 Å². The van der Waals surface area contributed by atoms with Gasteiger partial charge in [0.25, 0.3) is 23.6 Å². The number of carbonyl (C=O) groups excluding carboxylic acids is 9. The highest BCUT2D eigenvalue weighted by molar-refractivity contribution is 7.19. The van der Waals surface area contributed by atoms with Crippen LogP contribution in [0.3, 0.4) is 0 Å². The molecule has 8 rings (SSSR count). The number of rotatable bonds is 24. The summed E-state index contributed by atoms with van der Waals surface area (Å²) < 4.78 is 14.3. The monoisotopic (exact) mass is 1050 g/mol. The van der Waals surface area contributed by atoms with Crippen molar-refractivity contribution in [1.82, 2.24) is 20.1 Å².